The standard InChI is InChI=1S/C21H34N4O/c1-16-15-19(24(2)23-16)25-14-6-7-18(20(25)26)22-17-8-12-21(13-9-17)10-4-3-5-11-21/h15,17-18,22H,3-14H2,1-2H3. The SMILES string of the molecule is Cc1cc(N2CCCC(NC3CCC4(CCCCC4)CC3)C2=O)n(C)n1. The molecule has 2 saturated carbocycles. The van der Waals surface area contributed by atoms with Crippen LogP contribution >= 0.6 is 0 Å². The van der Waals surface area contributed by atoms with Gasteiger partial charge in [0.15, 0.2) is 0 Å². The Labute approximate surface area is 157 Å². The van der Waals surface area contributed by atoms with Gasteiger partial charge < -0.3 is 5.32 Å². The molecule has 2 heterocycles. The molecule has 1 atom stereocenters. The van der Waals surface area contributed by atoms with Crippen molar-refractivity contribution in [2.75, 3.05) is 11.4 Å². The summed E-state index contributed by atoms with van der Waals surface area (Å²) in [4.78, 5) is 15.0. The predicted octanol–water partition coefficient (Wildman–Crippen LogP) is 3.71. The largest absolute Gasteiger partial charge is 0.303 e. The molecule has 3 fully saturated rings. The molecule has 0 bridgehead atoms. The summed E-state index contributed by atoms with van der Waals surface area (Å²) in [7, 11) is 1.93. The van der Waals surface area contributed by atoms with Crippen LogP contribution in [0.15, 0.2) is 6.07 Å². The van der Waals surface area contributed by atoms with Gasteiger partial charge in [0, 0.05) is 25.7 Å². The molecule has 0 aromatic carbocycles. The van der Waals surface area contributed by atoms with Gasteiger partial charge in [-0.15, -0.1) is 0 Å². The zero-order chi connectivity index (χ0) is 18.1. The summed E-state index contributed by atoms with van der Waals surface area (Å²) in [5, 5.41) is 8.15. The van der Waals surface area contributed by atoms with Crippen molar-refractivity contribution in [1.82, 2.24) is 15.1 Å². The second-order valence-corrected chi connectivity index (χ2v) is 8.95. The lowest BCUT2D eigenvalue weighted by molar-refractivity contribution is -0.122. The maximum atomic E-state index is 13.1. The molecule has 5 nitrogen and oxygen atoms in total. The van der Waals surface area contributed by atoms with Crippen LogP contribution in [0.3, 0.4) is 0 Å². The molecule has 1 aromatic heterocycles. The summed E-state index contributed by atoms with van der Waals surface area (Å²) >= 11 is 0. The van der Waals surface area contributed by atoms with Crippen molar-refractivity contribution < 1.29 is 4.79 Å². The number of hydrogen-bond acceptors (Lipinski definition) is 3. The first-order valence-electron chi connectivity index (χ1n) is 10.6. The van der Waals surface area contributed by atoms with E-state index in [-0.39, 0.29) is 11.9 Å². The number of nitrogens with one attached hydrogen (secondary N) is 1. The third kappa shape index (κ3) is 3.55. The molecule has 2 aliphatic carbocycles. The summed E-state index contributed by atoms with van der Waals surface area (Å²) < 4.78 is 1.84. The van der Waals surface area contributed by atoms with Crippen LogP contribution in [0.4, 0.5) is 5.82 Å². The smallest absolute Gasteiger partial charge is 0.245 e. The molecule has 1 aromatic rings. The number of carbonyl (C=O) groups excluding carboxylic acids is 1. The summed E-state index contributed by atoms with van der Waals surface area (Å²) in [6.07, 6.45) is 14.4. The van der Waals surface area contributed by atoms with Crippen molar-refractivity contribution in [3.63, 3.8) is 0 Å². The van der Waals surface area contributed by atoms with Crippen molar-refractivity contribution in [3.05, 3.63) is 11.8 Å². The number of piperidine rings is 1. The summed E-state index contributed by atoms with van der Waals surface area (Å²) in [6, 6.07) is 2.52. The number of aromatic nitrogens is 2. The second kappa shape index (κ2) is 7.34. The third-order valence-corrected chi connectivity index (χ3v) is 7.09. The lowest BCUT2D eigenvalue weighted by atomic mass is 9.64. The van der Waals surface area contributed by atoms with Crippen LogP contribution in [0.2, 0.25) is 0 Å². The molecule has 1 unspecified atom stereocenters. The van der Waals surface area contributed by atoms with Gasteiger partial charge in [0.25, 0.3) is 0 Å². The maximum Gasteiger partial charge on any atom is 0.245 e. The Hall–Kier alpha value is -1.36. The van der Waals surface area contributed by atoms with E-state index in [1.54, 1.807) is 0 Å². The molecule has 4 rings (SSSR count). The van der Waals surface area contributed by atoms with Crippen molar-refractivity contribution in [3.8, 4) is 0 Å². The minimum absolute atomic E-state index is 0.0237. The Morgan fingerprint density at radius 2 is 1.81 bits per heavy atom. The fraction of sp³-hybridized carbons (Fsp3) is 0.810. The molecule has 1 amide bonds. The van der Waals surface area contributed by atoms with Gasteiger partial charge in [-0.25, -0.2) is 0 Å². The fourth-order valence-electron chi connectivity index (χ4n) is 5.59. The monoisotopic (exact) mass is 358 g/mol. The maximum absolute atomic E-state index is 13.1. The van der Waals surface area contributed by atoms with Crippen LogP contribution in [0.25, 0.3) is 0 Å². The molecular weight excluding hydrogens is 324 g/mol. The van der Waals surface area contributed by atoms with E-state index in [4.69, 9.17) is 0 Å². The topological polar surface area (TPSA) is 50.2 Å². The number of nitrogens with zero attached hydrogens (tertiary/aromatic N) is 3. The van der Waals surface area contributed by atoms with E-state index in [0.29, 0.717) is 11.5 Å². The number of carbonyl (C=O) groups is 1. The van der Waals surface area contributed by atoms with Gasteiger partial charge in [0.1, 0.15) is 5.82 Å². The zero-order valence-corrected chi connectivity index (χ0v) is 16.5. The quantitative estimate of drug-likeness (QED) is 0.896. The Balaban J connectivity index is 1.36. The summed E-state index contributed by atoms with van der Waals surface area (Å²) in [5.41, 5.74) is 1.61. The molecule has 0 radical (unpaired) electrons. The number of amides is 1. The third-order valence-electron chi connectivity index (χ3n) is 7.09. The van der Waals surface area contributed by atoms with Gasteiger partial charge in [-0.1, -0.05) is 19.3 Å². The molecule has 1 aliphatic heterocycles. The van der Waals surface area contributed by atoms with E-state index < -0.39 is 0 Å². The lowest BCUT2D eigenvalue weighted by Crippen LogP contribution is -2.54. The first-order chi connectivity index (χ1) is 12.6. The Kier molecular flexibility index (Phi) is 5.09. The van der Waals surface area contributed by atoms with Crippen molar-refractivity contribution in [2.45, 2.75) is 89.6 Å². The van der Waals surface area contributed by atoms with Crippen molar-refractivity contribution in [1.29, 1.82) is 0 Å². The highest BCUT2D eigenvalue weighted by Gasteiger charge is 2.38. The molecule has 1 N–H and O–H groups in total. The lowest BCUT2D eigenvalue weighted by Gasteiger charge is -2.44. The van der Waals surface area contributed by atoms with E-state index >= 15 is 0 Å². The summed E-state index contributed by atoms with van der Waals surface area (Å²) in [6.45, 7) is 2.79. The number of hydrogen-bond donors (Lipinski definition) is 1. The summed E-state index contributed by atoms with van der Waals surface area (Å²) in [5.74, 6) is 1.17. The van der Waals surface area contributed by atoms with Crippen LogP contribution in [0, 0.1) is 12.3 Å². The minimum Gasteiger partial charge on any atom is -0.303 e. The van der Waals surface area contributed by atoms with E-state index in [0.717, 1.165) is 30.9 Å². The van der Waals surface area contributed by atoms with E-state index in [2.05, 4.69) is 10.4 Å². The highest BCUT2D eigenvalue weighted by molar-refractivity contribution is 5.97. The minimum atomic E-state index is -0.0237. The average Bonchev–Trinajstić information content (AvgIpc) is 2.98. The van der Waals surface area contributed by atoms with Crippen LogP contribution in [-0.2, 0) is 11.8 Å². The highest BCUT2D eigenvalue weighted by atomic mass is 16.2. The van der Waals surface area contributed by atoms with Crippen molar-refractivity contribution in [2.24, 2.45) is 12.5 Å². The molecule has 1 spiro atoms. The second-order valence-electron chi connectivity index (χ2n) is 8.95. The normalized spacial score (nSPS) is 27.2. The molecule has 144 valence electrons. The fourth-order valence-corrected chi connectivity index (χ4v) is 5.59. The highest BCUT2D eigenvalue weighted by Crippen LogP contribution is 2.47. The van der Waals surface area contributed by atoms with Crippen LogP contribution in [-0.4, -0.2) is 34.3 Å². The Bertz CT molecular complexity index is 636. The Morgan fingerprint density at radius 1 is 1.08 bits per heavy atom. The van der Waals surface area contributed by atoms with Gasteiger partial charge in [0.2, 0.25) is 5.91 Å². The number of rotatable bonds is 3. The van der Waals surface area contributed by atoms with Crippen LogP contribution in [0.5, 0.6) is 0 Å². The van der Waals surface area contributed by atoms with Gasteiger partial charge in [-0.05, 0) is 63.7 Å². The van der Waals surface area contributed by atoms with Gasteiger partial charge in [-0.3, -0.25) is 14.4 Å². The van der Waals surface area contributed by atoms with E-state index in [9.17, 15) is 4.79 Å². The molecular formula is C21H34N4O. The van der Waals surface area contributed by atoms with Crippen LogP contribution in [0.1, 0.15) is 76.3 Å². The van der Waals surface area contributed by atoms with Gasteiger partial charge in [0.05, 0.1) is 11.7 Å². The molecule has 3 aliphatic rings. The molecule has 5 heteroatoms. The molecule has 1 saturated heterocycles. The van der Waals surface area contributed by atoms with E-state index in [1.807, 2.05) is 29.6 Å². The van der Waals surface area contributed by atoms with Gasteiger partial charge in [-0.2, -0.15) is 5.10 Å². The average molecular weight is 359 g/mol. The van der Waals surface area contributed by atoms with E-state index in [1.165, 1.54) is 57.8 Å². The first kappa shape index (κ1) is 18.0. The number of aryl methyl sites for hydroxylation is 2. The van der Waals surface area contributed by atoms with Crippen LogP contribution < -0.4 is 10.2 Å². The number of anilines is 1. The van der Waals surface area contributed by atoms with Crippen molar-refractivity contribution >= 4 is 11.7 Å². The molecule has 26 heavy (non-hydrogen) atoms. The Morgan fingerprint density at radius 3 is 2.46 bits per heavy atom. The predicted molar refractivity (Wildman–Crippen MR) is 104 cm³/mol. The van der Waals surface area contributed by atoms with Gasteiger partial charge >= 0.3 is 0 Å². The zero-order valence-electron chi connectivity index (χ0n) is 16.5. The first-order valence-corrected chi connectivity index (χ1v) is 10.6.